The zero-order valence-electron chi connectivity index (χ0n) is 31.2. The Morgan fingerprint density at radius 1 is 0.655 bits per heavy atom. The quantitative estimate of drug-likeness (QED) is 0.132. The van der Waals surface area contributed by atoms with Gasteiger partial charge in [-0.2, -0.15) is 0 Å². The lowest BCUT2D eigenvalue weighted by Crippen LogP contribution is -2.32. The lowest BCUT2D eigenvalue weighted by Gasteiger charge is -2.37. The molecule has 2 unspecified atom stereocenters. The molecule has 4 aliphatic rings. The first-order chi connectivity index (χ1) is 27.0. The molecule has 0 radical (unpaired) electrons. The molecule has 3 heteroatoms. The van der Waals surface area contributed by atoms with Gasteiger partial charge in [0.25, 0.3) is 0 Å². The van der Waals surface area contributed by atoms with E-state index in [1.54, 1.807) is 0 Å². The zero-order valence-corrected chi connectivity index (χ0v) is 32.1. The molecular weight excluding hydrogens is 685 g/mol. The van der Waals surface area contributed by atoms with Gasteiger partial charge in [0, 0.05) is 44.4 Å². The first-order valence-electron chi connectivity index (χ1n) is 19.7. The molecule has 0 amide bonds. The van der Waals surface area contributed by atoms with E-state index in [4.69, 9.17) is 0 Å². The average Bonchev–Trinajstić information content (AvgIpc) is 3.46. The molecule has 0 saturated carbocycles. The summed E-state index contributed by atoms with van der Waals surface area (Å²) in [5.41, 5.74) is 13.3. The minimum absolute atomic E-state index is 0.00944. The standard InChI is InChI=1S/C52H42N2S/c1-52(2)44-32-34(26-29-40(44)41-30-27-36(33-45(41)52)53-31-13-15-35-14-3-8-20-46(35)53)25-28-39-37-16-4-6-18-42(37)51(43-19-7-5-17-38(39)43)54-47-21-9-11-23-49(47)55-50-24-12-10-22-48(50)54/h3-12,14,16-30,32-33,41,45H,13,15,31H2,1-2H3/b28-25+. The third kappa shape index (κ3) is 5.10. The molecule has 2 nitrogen and oxygen atoms in total. The van der Waals surface area contributed by atoms with Crippen LogP contribution in [0, 0.1) is 5.92 Å². The summed E-state index contributed by atoms with van der Waals surface area (Å²) in [4.78, 5) is 7.61. The topological polar surface area (TPSA) is 6.48 Å². The van der Waals surface area contributed by atoms with Crippen LogP contribution >= 0.6 is 11.8 Å². The van der Waals surface area contributed by atoms with Crippen molar-refractivity contribution in [2.75, 3.05) is 16.3 Å². The summed E-state index contributed by atoms with van der Waals surface area (Å²) >= 11 is 1.86. The Morgan fingerprint density at radius 2 is 1.27 bits per heavy atom. The highest BCUT2D eigenvalue weighted by atomic mass is 32.2. The van der Waals surface area contributed by atoms with Gasteiger partial charge in [-0.25, -0.2) is 0 Å². The van der Waals surface area contributed by atoms with E-state index >= 15 is 0 Å². The van der Waals surface area contributed by atoms with Crippen LogP contribution in [0.1, 0.15) is 54.0 Å². The van der Waals surface area contributed by atoms with E-state index in [9.17, 15) is 0 Å². The Kier molecular flexibility index (Phi) is 7.51. The zero-order chi connectivity index (χ0) is 36.7. The number of anilines is 4. The Balaban J connectivity index is 0.997. The second-order valence-corrected chi connectivity index (χ2v) is 17.1. The predicted octanol–water partition coefficient (Wildman–Crippen LogP) is 14.0. The molecule has 0 N–H and O–H groups in total. The van der Waals surface area contributed by atoms with Gasteiger partial charge in [-0.3, -0.25) is 0 Å². The van der Waals surface area contributed by atoms with Gasteiger partial charge < -0.3 is 9.80 Å². The molecule has 0 aromatic heterocycles. The number of hydrogen-bond acceptors (Lipinski definition) is 3. The smallest absolute Gasteiger partial charge is 0.0619 e. The second-order valence-electron chi connectivity index (χ2n) is 16.0. The summed E-state index contributed by atoms with van der Waals surface area (Å²) in [5.74, 6) is 0.815. The van der Waals surface area contributed by atoms with Gasteiger partial charge in [0.1, 0.15) is 0 Å². The van der Waals surface area contributed by atoms with Gasteiger partial charge in [0.15, 0.2) is 0 Å². The first kappa shape index (κ1) is 32.6. The Bertz CT molecular complexity index is 2680. The number of allylic oxidation sites excluding steroid dienone is 3. The maximum Gasteiger partial charge on any atom is 0.0619 e. The van der Waals surface area contributed by atoms with Crippen LogP contribution in [0.3, 0.4) is 0 Å². The van der Waals surface area contributed by atoms with E-state index in [2.05, 4.69) is 194 Å². The fraction of sp³-hybridized carbons (Fsp3) is 0.154. The van der Waals surface area contributed by atoms with Crippen molar-refractivity contribution < 1.29 is 0 Å². The van der Waals surface area contributed by atoms with Crippen molar-refractivity contribution in [3.8, 4) is 0 Å². The van der Waals surface area contributed by atoms with Crippen molar-refractivity contribution in [2.24, 2.45) is 5.92 Å². The normalized spacial score (nSPS) is 19.2. The van der Waals surface area contributed by atoms with E-state index in [-0.39, 0.29) is 5.41 Å². The fourth-order valence-corrected chi connectivity index (χ4v) is 11.0. The van der Waals surface area contributed by atoms with Crippen molar-refractivity contribution in [1.29, 1.82) is 0 Å². The van der Waals surface area contributed by atoms with Crippen LogP contribution in [0.15, 0.2) is 173 Å². The lowest BCUT2D eigenvalue weighted by molar-refractivity contribution is 0.391. The van der Waals surface area contributed by atoms with E-state index < -0.39 is 0 Å². The van der Waals surface area contributed by atoms with Crippen LogP contribution in [-0.4, -0.2) is 6.54 Å². The molecule has 0 fully saturated rings. The Labute approximate surface area is 328 Å². The number of hydrogen-bond donors (Lipinski definition) is 0. The maximum absolute atomic E-state index is 2.58. The minimum atomic E-state index is 0.00944. The van der Waals surface area contributed by atoms with Crippen LogP contribution in [0.2, 0.25) is 0 Å². The summed E-state index contributed by atoms with van der Waals surface area (Å²) < 4.78 is 0. The molecule has 0 bridgehead atoms. The van der Waals surface area contributed by atoms with E-state index in [0.717, 1.165) is 6.54 Å². The number of nitrogens with zero attached hydrogens (tertiary/aromatic N) is 2. The van der Waals surface area contributed by atoms with Gasteiger partial charge in [0.05, 0.1) is 17.1 Å². The molecule has 11 rings (SSSR count). The summed E-state index contributed by atoms with van der Waals surface area (Å²) in [6.45, 7) is 5.99. The minimum Gasteiger partial charge on any atom is -0.342 e. The molecule has 2 aliphatic heterocycles. The van der Waals surface area contributed by atoms with Crippen molar-refractivity contribution >= 4 is 68.2 Å². The van der Waals surface area contributed by atoms with Crippen LogP contribution in [0.5, 0.6) is 0 Å². The molecule has 0 spiro atoms. The van der Waals surface area contributed by atoms with Crippen molar-refractivity contribution in [2.45, 2.75) is 47.8 Å². The van der Waals surface area contributed by atoms with E-state index in [1.807, 2.05) is 11.8 Å². The van der Waals surface area contributed by atoms with E-state index in [0.29, 0.717) is 11.8 Å². The summed E-state index contributed by atoms with van der Waals surface area (Å²) in [6.07, 6.45) is 14.5. The lowest BCUT2D eigenvalue weighted by atomic mass is 9.74. The molecule has 2 heterocycles. The Hall–Kier alpha value is -5.77. The largest absolute Gasteiger partial charge is 0.342 e. The monoisotopic (exact) mass is 726 g/mol. The SMILES string of the molecule is CC1(C)c2cc(/C=C/c3c4ccccc4c(N4c5ccccc5Sc5ccccc54)c4ccccc34)ccc2C2C=CC(N3CCCc4ccccc43)=CC21. The Morgan fingerprint density at radius 3 is 1.98 bits per heavy atom. The third-order valence-corrected chi connectivity index (χ3v) is 13.8. The molecule has 266 valence electrons. The molecule has 55 heavy (non-hydrogen) atoms. The van der Waals surface area contributed by atoms with Gasteiger partial charge in [-0.05, 0) is 99.2 Å². The fourth-order valence-electron chi connectivity index (χ4n) is 9.99. The van der Waals surface area contributed by atoms with Crippen molar-refractivity contribution in [1.82, 2.24) is 0 Å². The number of para-hydroxylation sites is 3. The molecule has 0 saturated heterocycles. The highest BCUT2D eigenvalue weighted by molar-refractivity contribution is 7.99. The molecule has 2 aliphatic carbocycles. The van der Waals surface area contributed by atoms with Crippen molar-refractivity contribution in [3.05, 3.63) is 191 Å². The molecule has 2 atom stereocenters. The second kappa shape index (κ2) is 12.6. The number of aryl methyl sites for hydroxylation is 1. The summed E-state index contributed by atoms with van der Waals surface area (Å²) in [6, 6.07) is 51.8. The van der Waals surface area contributed by atoms with Crippen LogP contribution < -0.4 is 9.80 Å². The summed E-state index contributed by atoms with van der Waals surface area (Å²) in [5, 5.41) is 5.02. The van der Waals surface area contributed by atoms with Crippen LogP contribution in [0.4, 0.5) is 22.7 Å². The van der Waals surface area contributed by atoms with Gasteiger partial charge in [-0.1, -0.05) is 159 Å². The maximum atomic E-state index is 2.58. The van der Waals surface area contributed by atoms with Crippen LogP contribution in [0.25, 0.3) is 33.7 Å². The number of rotatable bonds is 4. The summed E-state index contributed by atoms with van der Waals surface area (Å²) in [7, 11) is 0. The number of benzene rings is 7. The highest BCUT2D eigenvalue weighted by Crippen LogP contribution is 2.56. The molecule has 7 aromatic rings. The van der Waals surface area contributed by atoms with Gasteiger partial charge in [0.2, 0.25) is 0 Å². The first-order valence-corrected chi connectivity index (χ1v) is 20.5. The predicted molar refractivity (Wildman–Crippen MR) is 234 cm³/mol. The third-order valence-electron chi connectivity index (χ3n) is 12.6. The van der Waals surface area contributed by atoms with Crippen LogP contribution in [-0.2, 0) is 11.8 Å². The molecule has 7 aromatic carbocycles. The van der Waals surface area contributed by atoms with Gasteiger partial charge in [-0.15, -0.1) is 0 Å². The van der Waals surface area contributed by atoms with E-state index in [1.165, 1.54) is 100 Å². The number of fused-ring (bicyclic) bond motifs is 8. The molecular formula is C52H42N2S. The van der Waals surface area contributed by atoms with Gasteiger partial charge >= 0.3 is 0 Å². The highest BCUT2D eigenvalue weighted by Gasteiger charge is 2.45. The van der Waals surface area contributed by atoms with Crippen molar-refractivity contribution in [3.63, 3.8) is 0 Å². The average molecular weight is 727 g/mol.